The zero-order valence-electron chi connectivity index (χ0n) is 10.1. The molecule has 0 unspecified atom stereocenters. The number of phenols is 1. The molecule has 0 aliphatic heterocycles. The number of para-hydroxylation sites is 1. The quantitative estimate of drug-likeness (QED) is 0.646. The lowest BCUT2D eigenvalue weighted by atomic mass is 10.3. The maximum atomic E-state index is 12.1. The summed E-state index contributed by atoms with van der Waals surface area (Å²) in [4.78, 5) is 16.0. The van der Waals surface area contributed by atoms with Crippen LogP contribution in [0, 0.1) is 0 Å². The molecular weight excluding hydrogens is 246 g/mol. The summed E-state index contributed by atoms with van der Waals surface area (Å²) in [5.41, 5.74) is 5.48. The van der Waals surface area contributed by atoms with E-state index in [0.29, 0.717) is 0 Å². The average Bonchev–Trinajstić information content (AvgIpc) is 3.21. The lowest BCUT2D eigenvalue weighted by Crippen LogP contribution is -2.20. The van der Waals surface area contributed by atoms with E-state index in [0.717, 1.165) is 12.8 Å². The summed E-state index contributed by atoms with van der Waals surface area (Å²) in [5.74, 6) is 0.0980. The first-order chi connectivity index (χ1) is 9.16. The van der Waals surface area contributed by atoms with Crippen LogP contribution >= 0.6 is 0 Å². The fraction of sp³-hybridized carbons (Fsp3) is 0.231. The Morgan fingerprint density at radius 2 is 2.21 bits per heavy atom. The average molecular weight is 259 g/mol. The summed E-state index contributed by atoms with van der Waals surface area (Å²) in [6.07, 6.45) is 5.17. The number of anilines is 1. The maximum Gasteiger partial charge on any atom is 0.313 e. The third-order valence-corrected chi connectivity index (χ3v) is 3.03. The van der Waals surface area contributed by atoms with E-state index in [9.17, 15) is 9.90 Å². The van der Waals surface area contributed by atoms with E-state index < -0.39 is 0 Å². The highest BCUT2D eigenvalue weighted by molar-refractivity contribution is 5.62. The number of benzene rings is 1. The number of hydrogen-bond donors (Lipinski definition) is 2. The van der Waals surface area contributed by atoms with Crippen LogP contribution in [0.25, 0.3) is 0 Å². The standard InChI is InChI=1S/C13H13N3O3/c14-11-9(17)2-1-3-10(11)19-12-13(18)16(7-6-15-12)8-4-5-8/h1-3,6-8,17H,4-5,14H2. The van der Waals surface area contributed by atoms with Crippen LogP contribution in [0.2, 0.25) is 0 Å². The SMILES string of the molecule is Nc1c(O)cccc1Oc1nccn(C2CC2)c1=O. The maximum absolute atomic E-state index is 12.1. The highest BCUT2D eigenvalue weighted by Crippen LogP contribution is 2.34. The van der Waals surface area contributed by atoms with Crippen molar-refractivity contribution in [1.82, 2.24) is 9.55 Å². The molecule has 1 fully saturated rings. The normalized spacial score (nSPS) is 14.3. The number of rotatable bonds is 3. The number of phenolic OH excluding ortho intramolecular Hbond substituents is 1. The zero-order valence-corrected chi connectivity index (χ0v) is 10.1. The second kappa shape index (κ2) is 4.31. The minimum Gasteiger partial charge on any atom is -0.506 e. The Labute approximate surface area is 109 Å². The van der Waals surface area contributed by atoms with Gasteiger partial charge in [0.25, 0.3) is 5.88 Å². The number of nitrogen functional groups attached to an aromatic ring is 1. The van der Waals surface area contributed by atoms with Crippen molar-refractivity contribution in [3.8, 4) is 17.4 Å². The first kappa shape index (κ1) is 11.6. The molecular formula is C13H13N3O3. The summed E-state index contributed by atoms with van der Waals surface area (Å²) < 4.78 is 7.02. The number of nitrogens with two attached hydrogens (primary N) is 1. The van der Waals surface area contributed by atoms with Crippen LogP contribution in [-0.4, -0.2) is 14.7 Å². The molecule has 3 N–H and O–H groups in total. The molecule has 1 aliphatic rings. The van der Waals surface area contributed by atoms with Crippen molar-refractivity contribution in [1.29, 1.82) is 0 Å². The van der Waals surface area contributed by atoms with Crippen molar-refractivity contribution in [2.45, 2.75) is 18.9 Å². The highest BCUT2D eigenvalue weighted by atomic mass is 16.5. The van der Waals surface area contributed by atoms with Gasteiger partial charge in [0.2, 0.25) is 0 Å². The van der Waals surface area contributed by atoms with Crippen LogP contribution < -0.4 is 16.0 Å². The van der Waals surface area contributed by atoms with Gasteiger partial charge in [-0.2, -0.15) is 0 Å². The highest BCUT2D eigenvalue weighted by Gasteiger charge is 2.25. The van der Waals surface area contributed by atoms with E-state index >= 15 is 0 Å². The van der Waals surface area contributed by atoms with Crippen molar-refractivity contribution in [2.75, 3.05) is 5.73 Å². The molecule has 1 aromatic heterocycles. The molecule has 6 heteroatoms. The predicted octanol–water partition coefficient (Wildman–Crippen LogP) is 1.66. The van der Waals surface area contributed by atoms with Crippen molar-refractivity contribution >= 4 is 5.69 Å². The lowest BCUT2D eigenvalue weighted by molar-refractivity contribution is 0.437. The number of ether oxygens (including phenoxy) is 1. The number of nitrogens with zero attached hydrogens (tertiary/aromatic N) is 2. The molecule has 1 heterocycles. The molecule has 0 radical (unpaired) electrons. The van der Waals surface area contributed by atoms with Crippen LogP contribution in [0.4, 0.5) is 5.69 Å². The van der Waals surface area contributed by atoms with Gasteiger partial charge in [-0.15, -0.1) is 0 Å². The monoisotopic (exact) mass is 259 g/mol. The summed E-state index contributed by atoms with van der Waals surface area (Å²) in [7, 11) is 0. The Morgan fingerprint density at radius 3 is 2.95 bits per heavy atom. The van der Waals surface area contributed by atoms with Gasteiger partial charge in [0, 0.05) is 18.4 Å². The van der Waals surface area contributed by atoms with Gasteiger partial charge in [-0.05, 0) is 25.0 Å². The lowest BCUT2D eigenvalue weighted by Gasteiger charge is -2.09. The molecule has 1 saturated carbocycles. The molecule has 3 rings (SSSR count). The Hall–Kier alpha value is -2.50. The molecule has 0 atom stereocenters. The molecule has 1 aliphatic carbocycles. The third kappa shape index (κ3) is 2.12. The van der Waals surface area contributed by atoms with Gasteiger partial charge < -0.3 is 20.1 Å². The van der Waals surface area contributed by atoms with E-state index in [1.54, 1.807) is 22.9 Å². The van der Waals surface area contributed by atoms with Crippen molar-refractivity contribution in [3.63, 3.8) is 0 Å². The number of hydrogen-bond acceptors (Lipinski definition) is 5. The van der Waals surface area contributed by atoms with Gasteiger partial charge >= 0.3 is 5.56 Å². The van der Waals surface area contributed by atoms with Crippen LogP contribution in [-0.2, 0) is 0 Å². The van der Waals surface area contributed by atoms with E-state index in [1.807, 2.05) is 0 Å². The second-order valence-corrected chi connectivity index (χ2v) is 4.47. The molecule has 6 nitrogen and oxygen atoms in total. The Bertz CT molecular complexity index is 677. The van der Waals surface area contributed by atoms with Gasteiger partial charge in [-0.25, -0.2) is 4.98 Å². The minimum absolute atomic E-state index is 0.0355. The minimum atomic E-state index is -0.284. The van der Waals surface area contributed by atoms with Crippen LogP contribution in [0.3, 0.4) is 0 Å². The van der Waals surface area contributed by atoms with Crippen molar-refractivity contribution in [2.24, 2.45) is 0 Å². The summed E-state index contributed by atoms with van der Waals surface area (Å²) in [6.45, 7) is 0. The van der Waals surface area contributed by atoms with E-state index in [1.165, 1.54) is 12.3 Å². The summed E-state index contributed by atoms with van der Waals surface area (Å²) in [6, 6.07) is 4.86. The van der Waals surface area contributed by atoms with Gasteiger partial charge in [-0.3, -0.25) is 4.79 Å². The van der Waals surface area contributed by atoms with Crippen molar-refractivity contribution < 1.29 is 9.84 Å². The molecule has 0 spiro atoms. The second-order valence-electron chi connectivity index (χ2n) is 4.47. The zero-order chi connectivity index (χ0) is 13.4. The molecule has 0 bridgehead atoms. The molecule has 19 heavy (non-hydrogen) atoms. The summed E-state index contributed by atoms with van der Waals surface area (Å²) in [5, 5.41) is 9.49. The summed E-state index contributed by atoms with van der Waals surface area (Å²) >= 11 is 0. The van der Waals surface area contributed by atoms with Crippen LogP contribution in [0.15, 0.2) is 35.4 Å². The third-order valence-electron chi connectivity index (χ3n) is 3.03. The first-order valence-corrected chi connectivity index (χ1v) is 5.99. The van der Waals surface area contributed by atoms with Crippen LogP contribution in [0.1, 0.15) is 18.9 Å². The number of aromatic nitrogens is 2. The van der Waals surface area contributed by atoms with Gasteiger partial charge in [0.1, 0.15) is 11.4 Å². The van der Waals surface area contributed by atoms with E-state index in [-0.39, 0.29) is 34.7 Å². The predicted molar refractivity (Wildman–Crippen MR) is 69.4 cm³/mol. The van der Waals surface area contributed by atoms with Gasteiger partial charge in [0.15, 0.2) is 5.75 Å². The Balaban J connectivity index is 1.97. The van der Waals surface area contributed by atoms with E-state index in [4.69, 9.17) is 10.5 Å². The Kier molecular flexibility index (Phi) is 2.63. The Morgan fingerprint density at radius 1 is 1.42 bits per heavy atom. The largest absolute Gasteiger partial charge is 0.506 e. The number of aromatic hydroxyl groups is 1. The smallest absolute Gasteiger partial charge is 0.313 e. The molecule has 0 saturated heterocycles. The van der Waals surface area contributed by atoms with Gasteiger partial charge in [0.05, 0.1) is 0 Å². The van der Waals surface area contributed by atoms with Crippen molar-refractivity contribution in [3.05, 3.63) is 40.9 Å². The molecule has 1 aromatic carbocycles. The molecule has 0 amide bonds. The first-order valence-electron chi connectivity index (χ1n) is 5.99. The van der Waals surface area contributed by atoms with Crippen LogP contribution in [0.5, 0.6) is 17.4 Å². The van der Waals surface area contributed by atoms with Gasteiger partial charge in [-0.1, -0.05) is 6.07 Å². The fourth-order valence-electron chi connectivity index (χ4n) is 1.84. The molecule has 2 aromatic rings. The molecule has 98 valence electrons. The van der Waals surface area contributed by atoms with E-state index in [2.05, 4.69) is 4.98 Å². The topological polar surface area (TPSA) is 90.4 Å². The fourth-order valence-corrected chi connectivity index (χ4v) is 1.84.